The van der Waals surface area contributed by atoms with Gasteiger partial charge in [0.15, 0.2) is 17.3 Å². The molecule has 3 aromatic heterocycles. The summed E-state index contributed by atoms with van der Waals surface area (Å²) >= 11 is 0. The Bertz CT molecular complexity index is 1260. The van der Waals surface area contributed by atoms with Gasteiger partial charge in [0.05, 0.1) is 0 Å². The number of H-pyrrole nitrogens is 2. The first-order valence-electron chi connectivity index (χ1n) is 7.85. The van der Waals surface area contributed by atoms with Crippen molar-refractivity contribution in [3.8, 4) is 11.5 Å². The third-order valence-electron chi connectivity index (χ3n) is 3.81. The van der Waals surface area contributed by atoms with E-state index < -0.39 is 11.4 Å². The van der Waals surface area contributed by atoms with Crippen molar-refractivity contribution in [3.63, 3.8) is 0 Å². The number of anilines is 2. The number of aromatic amines is 2. The molecule has 0 aliphatic heterocycles. The molecular formula is C18H17FN6O3. The number of aryl methyl sites for hydroxylation is 1. The maximum Gasteiger partial charge on any atom is 0.294 e. The molecule has 0 aliphatic carbocycles. The quantitative estimate of drug-likeness (QED) is 0.498. The summed E-state index contributed by atoms with van der Waals surface area (Å²) in [5, 5.41) is 8.34. The second kappa shape index (κ2) is 7.35. The number of pyridine rings is 1. The highest BCUT2D eigenvalue weighted by Crippen LogP contribution is 2.24. The summed E-state index contributed by atoms with van der Waals surface area (Å²) < 4.78 is 20.5. The molecule has 9 nitrogen and oxygen atoms in total. The number of aromatic nitrogens is 5. The van der Waals surface area contributed by atoms with E-state index >= 15 is 0 Å². The fraction of sp³-hybridized carbons (Fsp3) is 0.111. The van der Waals surface area contributed by atoms with E-state index in [2.05, 4.69) is 25.5 Å². The average Bonchev–Trinajstić information content (AvgIpc) is 3.06. The van der Waals surface area contributed by atoms with Gasteiger partial charge in [-0.25, -0.2) is 9.37 Å². The lowest BCUT2D eigenvalue weighted by Gasteiger charge is -2.10. The summed E-state index contributed by atoms with van der Waals surface area (Å²) in [7, 11) is 1.52. The number of nitrogens with one attached hydrogen (secondary N) is 3. The molecule has 1 aromatic carbocycles. The molecule has 4 aromatic rings. The molecule has 0 unspecified atom stereocenters. The van der Waals surface area contributed by atoms with Crippen LogP contribution in [0.1, 0.15) is 7.43 Å². The van der Waals surface area contributed by atoms with Gasteiger partial charge in [0, 0.05) is 24.7 Å². The lowest BCUT2D eigenvalue weighted by atomic mass is 10.3. The molecule has 10 heteroatoms. The Morgan fingerprint density at radius 3 is 2.64 bits per heavy atom. The molecule has 0 aliphatic rings. The first-order valence-corrected chi connectivity index (χ1v) is 7.85. The Balaban J connectivity index is 0.00000225. The fourth-order valence-electron chi connectivity index (χ4n) is 2.52. The highest BCUT2D eigenvalue weighted by molar-refractivity contribution is 5.77. The molecule has 0 saturated carbocycles. The van der Waals surface area contributed by atoms with E-state index in [9.17, 15) is 14.0 Å². The maximum absolute atomic E-state index is 13.8. The zero-order valence-corrected chi connectivity index (χ0v) is 14.0. The lowest BCUT2D eigenvalue weighted by Crippen LogP contribution is -2.19. The smallest absolute Gasteiger partial charge is 0.294 e. The van der Waals surface area contributed by atoms with Crippen molar-refractivity contribution in [3.05, 3.63) is 69.1 Å². The van der Waals surface area contributed by atoms with E-state index in [1.54, 1.807) is 6.07 Å². The predicted molar refractivity (Wildman–Crippen MR) is 103 cm³/mol. The summed E-state index contributed by atoms with van der Waals surface area (Å²) in [6.45, 7) is 0. The minimum atomic E-state index is -0.573. The molecule has 0 saturated heterocycles. The third-order valence-corrected chi connectivity index (χ3v) is 3.81. The van der Waals surface area contributed by atoms with Gasteiger partial charge in [-0.05, 0) is 18.2 Å². The van der Waals surface area contributed by atoms with Crippen LogP contribution in [-0.4, -0.2) is 24.7 Å². The van der Waals surface area contributed by atoms with Gasteiger partial charge in [-0.1, -0.05) is 19.6 Å². The number of fused-ring (bicyclic) bond motifs is 1. The van der Waals surface area contributed by atoms with Crippen LogP contribution < -0.4 is 21.2 Å². The van der Waals surface area contributed by atoms with E-state index in [1.807, 2.05) is 0 Å². The summed E-state index contributed by atoms with van der Waals surface area (Å²) in [5.41, 5.74) is -0.442. The van der Waals surface area contributed by atoms with Crippen molar-refractivity contribution >= 4 is 22.8 Å². The summed E-state index contributed by atoms with van der Waals surface area (Å²) in [6.07, 6.45) is 1.49. The Morgan fingerprint density at radius 2 is 1.93 bits per heavy atom. The molecule has 28 heavy (non-hydrogen) atoms. The number of hydrogen-bond donors (Lipinski definition) is 3. The summed E-state index contributed by atoms with van der Waals surface area (Å²) in [5.74, 6) is -0.103. The average molecular weight is 384 g/mol. The second-order valence-corrected chi connectivity index (χ2v) is 5.68. The van der Waals surface area contributed by atoms with Gasteiger partial charge in [-0.3, -0.25) is 24.4 Å². The molecule has 3 heterocycles. The number of hydrogen-bond acceptors (Lipinski definition) is 6. The Labute approximate surface area is 157 Å². The van der Waals surface area contributed by atoms with Crippen molar-refractivity contribution in [2.45, 2.75) is 7.43 Å². The largest absolute Gasteiger partial charge is 0.448 e. The predicted octanol–water partition coefficient (Wildman–Crippen LogP) is 2.66. The number of para-hydroxylation sites is 1. The van der Waals surface area contributed by atoms with E-state index in [0.29, 0.717) is 16.9 Å². The van der Waals surface area contributed by atoms with E-state index in [1.165, 1.54) is 48.1 Å². The molecule has 0 spiro atoms. The van der Waals surface area contributed by atoms with Crippen LogP contribution in [0.2, 0.25) is 0 Å². The summed E-state index contributed by atoms with van der Waals surface area (Å²) in [6, 6.07) is 8.56. The Kier molecular flexibility index (Phi) is 4.94. The third kappa shape index (κ3) is 3.47. The molecule has 144 valence electrons. The molecule has 3 N–H and O–H groups in total. The SMILES string of the molecule is C.Cn1c(=O)c(Oc2ccccc2F)cc2cnc(Nc3cc(=O)[nH][nH]3)nc21. The highest BCUT2D eigenvalue weighted by atomic mass is 19.1. The Morgan fingerprint density at radius 1 is 1.14 bits per heavy atom. The van der Waals surface area contributed by atoms with Crippen molar-refractivity contribution in [2.75, 3.05) is 5.32 Å². The van der Waals surface area contributed by atoms with E-state index in [-0.39, 0.29) is 30.4 Å². The molecule has 4 rings (SSSR count). The number of rotatable bonds is 4. The van der Waals surface area contributed by atoms with Gasteiger partial charge in [0.25, 0.3) is 11.1 Å². The zero-order chi connectivity index (χ0) is 19.0. The maximum atomic E-state index is 13.8. The number of halogens is 1. The molecule has 0 radical (unpaired) electrons. The number of ether oxygens (including phenoxy) is 1. The summed E-state index contributed by atoms with van der Waals surface area (Å²) in [4.78, 5) is 32.1. The van der Waals surface area contributed by atoms with Gasteiger partial charge in [0.2, 0.25) is 5.95 Å². The van der Waals surface area contributed by atoms with Gasteiger partial charge >= 0.3 is 0 Å². The van der Waals surface area contributed by atoms with Gasteiger partial charge in [-0.2, -0.15) is 4.98 Å². The van der Waals surface area contributed by atoms with E-state index in [0.717, 1.165) is 0 Å². The van der Waals surface area contributed by atoms with Crippen LogP contribution in [0.5, 0.6) is 11.5 Å². The topological polar surface area (TPSA) is 118 Å². The van der Waals surface area contributed by atoms with Crippen LogP contribution in [0, 0.1) is 5.82 Å². The van der Waals surface area contributed by atoms with Crippen molar-refractivity contribution in [1.29, 1.82) is 0 Å². The van der Waals surface area contributed by atoms with Crippen LogP contribution in [0.4, 0.5) is 16.2 Å². The van der Waals surface area contributed by atoms with E-state index in [4.69, 9.17) is 4.74 Å². The molecule has 0 fully saturated rings. The number of benzene rings is 1. The van der Waals surface area contributed by atoms with Crippen LogP contribution >= 0.6 is 0 Å². The van der Waals surface area contributed by atoms with Crippen molar-refractivity contribution in [1.82, 2.24) is 24.7 Å². The molecule has 0 amide bonds. The van der Waals surface area contributed by atoms with Gasteiger partial charge < -0.3 is 10.1 Å². The second-order valence-electron chi connectivity index (χ2n) is 5.68. The van der Waals surface area contributed by atoms with Gasteiger partial charge in [0.1, 0.15) is 11.5 Å². The molecule has 0 atom stereocenters. The fourth-order valence-corrected chi connectivity index (χ4v) is 2.52. The standard InChI is InChI=1S/C17H13FN6O3.CH4/c1-24-15-9(8-19-17(21-15)20-13-7-14(25)23-22-13)6-12(16(24)26)27-11-5-3-2-4-10(11)18;/h2-8H,1H3,(H3,19,20,21,22,23,25);1H4. The molecular weight excluding hydrogens is 367 g/mol. The first-order chi connectivity index (χ1) is 13.0. The van der Waals surface area contributed by atoms with Gasteiger partial charge in [-0.15, -0.1) is 0 Å². The monoisotopic (exact) mass is 384 g/mol. The van der Waals surface area contributed by atoms with Crippen LogP contribution in [0.25, 0.3) is 11.0 Å². The minimum Gasteiger partial charge on any atom is -0.448 e. The van der Waals surface area contributed by atoms with Crippen molar-refractivity contribution < 1.29 is 9.13 Å². The van der Waals surface area contributed by atoms with Crippen LogP contribution in [0.15, 0.2) is 52.2 Å². The normalized spacial score (nSPS) is 10.5. The highest BCUT2D eigenvalue weighted by Gasteiger charge is 2.13. The van der Waals surface area contributed by atoms with Crippen LogP contribution in [-0.2, 0) is 7.05 Å². The zero-order valence-electron chi connectivity index (χ0n) is 14.0. The molecule has 0 bridgehead atoms. The van der Waals surface area contributed by atoms with Crippen molar-refractivity contribution in [2.24, 2.45) is 7.05 Å². The first kappa shape index (κ1) is 18.8. The Hall–Kier alpha value is -3.95. The van der Waals surface area contributed by atoms with Crippen LogP contribution in [0.3, 0.4) is 0 Å². The minimum absolute atomic E-state index is 0. The lowest BCUT2D eigenvalue weighted by molar-refractivity contribution is 0.434. The number of nitrogens with zero attached hydrogens (tertiary/aromatic N) is 3.